The molecule has 2 heterocycles. The minimum atomic E-state index is -1.23. The monoisotopic (exact) mass is 550 g/mol. The number of pyridine rings is 1. The van der Waals surface area contributed by atoms with Gasteiger partial charge in [-0.3, -0.25) is 14.9 Å². The van der Waals surface area contributed by atoms with E-state index in [1.807, 2.05) is 6.07 Å². The lowest BCUT2D eigenvalue weighted by atomic mass is 9.82. The molecule has 0 radical (unpaired) electrons. The van der Waals surface area contributed by atoms with Gasteiger partial charge in [0.25, 0.3) is 11.2 Å². The highest BCUT2D eigenvalue weighted by Crippen LogP contribution is 2.40. The molecule has 0 bridgehead atoms. The van der Waals surface area contributed by atoms with Crippen LogP contribution in [0.15, 0.2) is 77.4 Å². The van der Waals surface area contributed by atoms with Gasteiger partial charge in [0.1, 0.15) is 12.7 Å². The molecule has 3 aromatic rings. The van der Waals surface area contributed by atoms with Gasteiger partial charge >= 0.3 is 5.97 Å². The number of nitro benzene ring substituents is 1. The van der Waals surface area contributed by atoms with Crippen LogP contribution in [0.4, 0.5) is 11.4 Å². The number of hydrogen-bond acceptors (Lipinski definition) is 9. The number of carboxylic acids is 1. The number of aliphatic hydroxyl groups is 1. The molecule has 3 N–H and O–H groups in total. The molecule has 0 spiro atoms. The van der Waals surface area contributed by atoms with Crippen LogP contribution >= 0.6 is 0 Å². The van der Waals surface area contributed by atoms with Crippen LogP contribution in [0.1, 0.15) is 17.0 Å². The van der Waals surface area contributed by atoms with Gasteiger partial charge in [0.2, 0.25) is 0 Å². The van der Waals surface area contributed by atoms with E-state index in [2.05, 4.69) is 5.32 Å². The Kier molecular flexibility index (Phi) is 8.82. The average Bonchev–Trinajstić information content (AvgIpc) is 2.95. The van der Waals surface area contributed by atoms with Crippen LogP contribution in [0.3, 0.4) is 0 Å². The van der Waals surface area contributed by atoms with Crippen LogP contribution in [0.25, 0.3) is 0 Å². The molecule has 1 aromatic heterocycles. The third-order valence-electron chi connectivity index (χ3n) is 6.56. The number of aliphatic hydroxyl groups excluding tert-OH is 1. The number of carboxylic acid groups (broad SMARTS) is 1. The molecule has 12 nitrogen and oxygen atoms in total. The van der Waals surface area contributed by atoms with E-state index in [1.54, 1.807) is 48.5 Å². The Morgan fingerprint density at radius 2 is 1.93 bits per heavy atom. The highest BCUT2D eigenvalue weighted by Gasteiger charge is 2.35. The third-order valence-corrected chi connectivity index (χ3v) is 6.56. The molecule has 1 aliphatic heterocycles. The predicted octanol–water partition coefficient (Wildman–Crippen LogP) is 2.34. The smallest absolute Gasteiger partial charge is 0.334 e. The van der Waals surface area contributed by atoms with Gasteiger partial charge in [0.05, 0.1) is 34.8 Å². The molecule has 1 aliphatic rings. The Morgan fingerprint density at radius 3 is 2.62 bits per heavy atom. The van der Waals surface area contributed by atoms with Gasteiger partial charge in [0.15, 0.2) is 11.5 Å². The standard InChI is InChI=1S/C28H30N4O8/c1-30-16-21(28(35)36)25(18-6-5-7-19(14-18)32(37)38)26-22(30)10-12-31(27(26)34)13-11-29-15-20(33)17-40-24-9-4-3-8-23(24)39-2/h3-10,12,14,16,20,25,29,33H,11,13,15,17H2,1-2H3,(H,35,36). The summed E-state index contributed by atoms with van der Waals surface area (Å²) in [4.78, 5) is 38.2. The zero-order valence-corrected chi connectivity index (χ0v) is 22.0. The number of carbonyl (C=O) groups is 1. The van der Waals surface area contributed by atoms with Crippen molar-refractivity contribution in [1.29, 1.82) is 0 Å². The number of anilines is 1. The number of aliphatic carboxylic acids is 1. The van der Waals surface area contributed by atoms with Gasteiger partial charge in [-0.25, -0.2) is 4.79 Å². The van der Waals surface area contributed by atoms with Crippen molar-refractivity contribution in [3.05, 3.63) is 104 Å². The van der Waals surface area contributed by atoms with E-state index < -0.39 is 28.5 Å². The van der Waals surface area contributed by atoms with Gasteiger partial charge in [-0.2, -0.15) is 0 Å². The molecule has 0 saturated heterocycles. The molecule has 4 rings (SSSR count). The zero-order valence-electron chi connectivity index (χ0n) is 22.0. The van der Waals surface area contributed by atoms with Crippen LogP contribution in [0.5, 0.6) is 11.5 Å². The largest absolute Gasteiger partial charge is 0.493 e. The first-order valence-corrected chi connectivity index (χ1v) is 12.5. The number of non-ortho nitro benzene ring substituents is 1. The second-order valence-electron chi connectivity index (χ2n) is 9.22. The average molecular weight is 551 g/mol. The number of nitrogens with one attached hydrogen (secondary N) is 1. The second kappa shape index (κ2) is 12.5. The summed E-state index contributed by atoms with van der Waals surface area (Å²) >= 11 is 0. The van der Waals surface area contributed by atoms with Crippen LogP contribution in [-0.2, 0) is 11.3 Å². The lowest BCUT2D eigenvalue weighted by Gasteiger charge is -2.31. The van der Waals surface area contributed by atoms with Gasteiger partial charge in [-0.15, -0.1) is 0 Å². The van der Waals surface area contributed by atoms with Crippen LogP contribution < -0.4 is 25.2 Å². The van der Waals surface area contributed by atoms with Gasteiger partial charge in [-0.1, -0.05) is 24.3 Å². The Balaban J connectivity index is 1.49. The topological polar surface area (TPSA) is 156 Å². The lowest BCUT2D eigenvalue weighted by Crippen LogP contribution is -2.37. The third kappa shape index (κ3) is 6.14. The SMILES string of the molecule is COc1ccccc1OCC(O)CNCCn1ccc2c(c1=O)C(c1cccc([N+](=O)[O-])c1)C(C(=O)O)=CN2C. The van der Waals surface area contributed by atoms with Crippen LogP contribution in [-0.4, -0.2) is 65.6 Å². The number of ether oxygens (including phenoxy) is 2. The van der Waals surface area contributed by atoms with Crippen molar-refractivity contribution in [2.24, 2.45) is 0 Å². The van der Waals surface area contributed by atoms with Gasteiger partial charge in [-0.05, 0) is 23.8 Å². The summed E-state index contributed by atoms with van der Waals surface area (Å²) in [6.07, 6.45) is 2.22. The van der Waals surface area contributed by atoms with Crippen molar-refractivity contribution in [2.45, 2.75) is 18.6 Å². The van der Waals surface area contributed by atoms with E-state index in [9.17, 15) is 29.9 Å². The number of aromatic nitrogens is 1. The van der Waals surface area contributed by atoms with Gasteiger partial charge in [0, 0.05) is 51.2 Å². The van der Waals surface area contributed by atoms with E-state index >= 15 is 0 Å². The van der Waals surface area contributed by atoms with E-state index in [1.165, 1.54) is 36.1 Å². The van der Waals surface area contributed by atoms with Crippen molar-refractivity contribution in [3.63, 3.8) is 0 Å². The Morgan fingerprint density at radius 1 is 1.18 bits per heavy atom. The predicted molar refractivity (Wildman–Crippen MR) is 147 cm³/mol. The highest BCUT2D eigenvalue weighted by atomic mass is 16.6. The molecule has 210 valence electrons. The molecule has 0 fully saturated rings. The Labute approximate surface area is 229 Å². The number of methoxy groups -OCH3 is 1. The van der Waals surface area contributed by atoms with Crippen molar-refractivity contribution in [2.75, 3.05) is 38.8 Å². The molecule has 2 unspecified atom stereocenters. The second-order valence-corrected chi connectivity index (χ2v) is 9.22. The summed E-state index contributed by atoms with van der Waals surface area (Å²) in [7, 11) is 3.18. The number of rotatable bonds is 12. The molecule has 2 aromatic carbocycles. The molecule has 2 atom stereocenters. The molecule has 0 aliphatic carbocycles. The molecule has 40 heavy (non-hydrogen) atoms. The zero-order chi connectivity index (χ0) is 28.8. The summed E-state index contributed by atoms with van der Waals surface area (Å²) in [5.41, 5.74) is 0.395. The number of benzene rings is 2. The lowest BCUT2D eigenvalue weighted by molar-refractivity contribution is -0.384. The normalized spacial score (nSPS) is 15.1. The first-order chi connectivity index (χ1) is 19.2. The fourth-order valence-corrected chi connectivity index (χ4v) is 4.64. The molecule has 0 amide bonds. The summed E-state index contributed by atoms with van der Waals surface area (Å²) < 4.78 is 12.3. The number of hydrogen-bond donors (Lipinski definition) is 3. The molecular formula is C28H30N4O8. The fourth-order valence-electron chi connectivity index (χ4n) is 4.64. The number of nitrogens with zero attached hydrogens (tertiary/aromatic N) is 3. The minimum Gasteiger partial charge on any atom is -0.493 e. The van der Waals surface area contributed by atoms with E-state index in [0.717, 1.165) is 0 Å². The van der Waals surface area contributed by atoms with E-state index in [0.29, 0.717) is 29.3 Å². The fraction of sp³-hybridized carbons (Fsp3) is 0.286. The first-order valence-electron chi connectivity index (χ1n) is 12.5. The van der Waals surface area contributed by atoms with Crippen molar-refractivity contribution in [1.82, 2.24) is 9.88 Å². The molecular weight excluding hydrogens is 520 g/mol. The maximum Gasteiger partial charge on any atom is 0.334 e. The number of fused-ring (bicyclic) bond motifs is 1. The number of nitro groups is 1. The maximum atomic E-state index is 13.7. The Bertz CT molecular complexity index is 1490. The van der Waals surface area contributed by atoms with Gasteiger partial charge < -0.3 is 34.5 Å². The van der Waals surface area contributed by atoms with E-state index in [4.69, 9.17) is 9.47 Å². The summed E-state index contributed by atoms with van der Waals surface area (Å²) in [5, 5.41) is 34.7. The summed E-state index contributed by atoms with van der Waals surface area (Å²) in [6, 6.07) is 14.5. The van der Waals surface area contributed by atoms with Crippen LogP contribution in [0, 0.1) is 10.1 Å². The first kappa shape index (κ1) is 28.3. The maximum absolute atomic E-state index is 13.7. The van der Waals surface area contributed by atoms with E-state index in [-0.39, 0.29) is 36.5 Å². The molecule has 12 heteroatoms. The molecule has 0 saturated carbocycles. The van der Waals surface area contributed by atoms with Crippen molar-refractivity contribution in [3.8, 4) is 11.5 Å². The summed E-state index contributed by atoms with van der Waals surface area (Å²) in [6.45, 7) is 0.820. The highest BCUT2D eigenvalue weighted by molar-refractivity contribution is 5.92. The van der Waals surface area contributed by atoms with Crippen LogP contribution in [0.2, 0.25) is 0 Å². The minimum absolute atomic E-state index is 0.0354. The van der Waals surface area contributed by atoms with Crippen molar-refractivity contribution < 1.29 is 29.4 Å². The summed E-state index contributed by atoms with van der Waals surface area (Å²) in [5.74, 6) is -1.15. The van der Waals surface area contributed by atoms with Crippen molar-refractivity contribution >= 4 is 17.3 Å². The number of para-hydroxylation sites is 2. The quantitative estimate of drug-likeness (QED) is 0.174. The Hall–Kier alpha value is -4.68.